The molecule has 2 rings (SSSR count). The average Bonchev–Trinajstić information content (AvgIpc) is 2.55. The van der Waals surface area contributed by atoms with Gasteiger partial charge in [-0.2, -0.15) is 0 Å². The predicted molar refractivity (Wildman–Crippen MR) is 88.8 cm³/mol. The quantitative estimate of drug-likeness (QED) is 0.786. The number of sulfonamides is 1. The highest BCUT2D eigenvalue weighted by Gasteiger charge is 2.18. The standard InChI is InChI=1S/C16H16F2N2O5S/c1-10(16(21)20-26(2,22)23)24-12-4-6-13(7-5-12)25-14-8-3-11(9-19-14)15(17)18/h3-10,15H,1-2H3,(H,20,21). The molecular formula is C16H16F2N2O5S. The van der Waals surface area contributed by atoms with Gasteiger partial charge in [-0.05, 0) is 37.3 Å². The topological polar surface area (TPSA) is 94.6 Å². The SMILES string of the molecule is CC(Oc1ccc(Oc2ccc(C(F)F)cn2)cc1)C(=O)NS(C)(=O)=O. The van der Waals surface area contributed by atoms with E-state index in [0.717, 1.165) is 12.5 Å². The van der Waals surface area contributed by atoms with Crippen molar-refractivity contribution in [2.75, 3.05) is 6.26 Å². The fourth-order valence-corrected chi connectivity index (χ4v) is 2.34. The van der Waals surface area contributed by atoms with E-state index >= 15 is 0 Å². The van der Waals surface area contributed by atoms with Crippen LogP contribution in [-0.2, 0) is 14.8 Å². The van der Waals surface area contributed by atoms with E-state index in [-0.39, 0.29) is 11.4 Å². The van der Waals surface area contributed by atoms with Gasteiger partial charge in [0.15, 0.2) is 6.10 Å². The molecule has 1 aromatic heterocycles. The molecule has 1 N–H and O–H groups in total. The second-order valence-electron chi connectivity index (χ2n) is 5.30. The molecule has 140 valence electrons. The third-order valence-electron chi connectivity index (χ3n) is 3.03. The Morgan fingerprint density at radius 3 is 2.23 bits per heavy atom. The lowest BCUT2D eigenvalue weighted by atomic mass is 10.3. The molecule has 0 bridgehead atoms. The maximum Gasteiger partial charge on any atom is 0.274 e. The van der Waals surface area contributed by atoms with Gasteiger partial charge in [-0.15, -0.1) is 0 Å². The molecule has 10 heteroatoms. The van der Waals surface area contributed by atoms with E-state index in [1.165, 1.54) is 43.3 Å². The molecule has 1 unspecified atom stereocenters. The number of nitrogens with zero attached hydrogens (tertiary/aromatic N) is 1. The van der Waals surface area contributed by atoms with Gasteiger partial charge in [-0.3, -0.25) is 9.52 Å². The minimum atomic E-state index is -3.66. The zero-order valence-electron chi connectivity index (χ0n) is 13.8. The zero-order valence-corrected chi connectivity index (χ0v) is 14.7. The summed E-state index contributed by atoms with van der Waals surface area (Å²) in [5.41, 5.74) is -0.206. The molecule has 0 aliphatic heterocycles. The minimum absolute atomic E-state index is 0.143. The number of alkyl halides is 2. The van der Waals surface area contributed by atoms with Crippen LogP contribution in [-0.4, -0.2) is 31.7 Å². The van der Waals surface area contributed by atoms with Crippen LogP contribution in [0.25, 0.3) is 0 Å². The minimum Gasteiger partial charge on any atom is -0.481 e. The maximum absolute atomic E-state index is 12.5. The summed E-state index contributed by atoms with van der Waals surface area (Å²) < 4.78 is 59.6. The number of carbonyl (C=O) groups is 1. The van der Waals surface area contributed by atoms with Gasteiger partial charge in [0.05, 0.1) is 6.26 Å². The summed E-state index contributed by atoms with van der Waals surface area (Å²) >= 11 is 0. The molecule has 0 aliphatic rings. The van der Waals surface area contributed by atoms with E-state index in [4.69, 9.17) is 9.47 Å². The van der Waals surface area contributed by atoms with Crippen molar-refractivity contribution < 1.29 is 31.5 Å². The number of ether oxygens (including phenoxy) is 2. The Hall–Kier alpha value is -2.75. The number of rotatable bonds is 7. The van der Waals surface area contributed by atoms with E-state index in [9.17, 15) is 22.0 Å². The average molecular weight is 386 g/mol. The number of amides is 1. The summed E-state index contributed by atoms with van der Waals surface area (Å²) in [6, 6.07) is 8.61. The predicted octanol–water partition coefficient (Wildman–Crippen LogP) is 2.65. The van der Waals surface area contributed by atoms with E-state index in [1.807, 2.05) is 4.72 Å². The zero-order chi connectivity index (χ0) is 19.3. The van der Waals surface area contributed by atoms with Gasteiger partial charge >= 0.3 is 0 Å². The molecule has 0 aliphatic carbocycles. The van der Waals surface area contributed by atoms with Crippen molar-refractivity contribution in [1.29, 1.82) is 0 Å². The van der Waals surface area contributed by atoms with Crippen LogP contribution in [0.1, 0.15) is 18.9 Å². The van der Waals surface area contributed by atoms with E-state index in [2.05, 4.69) is 4.98 Å². The Kier molecular flexibility index (Phi) is 6.09. The van der Waals surface area contributed by atoms with E-state index in [1.54, 1.807) is 0 Å². The number of hydrogen-bond donors (Lipinski definition) is 1. The third-order valence-corrected chi connectivity index (χ3v) is 3.60. The Morgan fingerprint density at radius 1 is 1.12 bits per heavy atom. The molecule has 7 nitrogen and oxygen atoms in total. The number of carbonyl (C=O) groups excluding carboxylic acids is 1. The van der Waals surface area contributed by atoms with Gasteiger partial charge in [-0.25, -0.2) is 22.2 Å². The second kappa shape index (κ2) is 8.09. The van der Waals surface area contributed by atoms with Crippen LogP contribution >= 0.6 is 0 Å². The lowest BCUT2D eigenvalue weighted by Crippen LogP contribution is -2.39. The van der Waals surface area contributed by atoms with Crippen molar-refractivity contribution in [3.8, 4) is 17.4 Å². The van der Waals surface area contributed by atoms with Crippen LogP contribution in [0.2, 0.25) is 0 Å². The fraction of sp³-hybridized carbons (Fsp3) is 0.250. The highest BCUT2D eigenvalue weighted by Crippen LogP contribution is 2.25. The highest BCUT2D eigenvalue weighted by atomic mass is 32.2. The molecule has 0 saturated carbocycles. The molecule has 1 heterocycles. The lowest BCUT2D eigenvalue weighted by molar-refractivity contribution is -0.125. The Labute approximate surface area is 149 Å². The summed E-state index contributed by atoms with van der Waals surface area (Å²) in [6.45, 7) is 1.40. The van der Waals surface area contributed by atoms with Gasteiger partial charge in [0.2, 0.25) is 15.9 Å². The molecule has 26 heavy (non-hydrogen) atoms. The smallest absolute Gasteiger partial charge is 0.274 e. The van der Waals surface area contributed by atoms with Gasteiger partial charge in [0, 0.05) is 17.8 Å². The van der Waals surface area contributed by atoms with Crippen molar-refractivity contribution in [3.63, 3.8) is 0 Å². The lowest BCUT2D eigenvalue weighted by Gasteiger charge is -2.14. The number of pyridine rings is 1. The van der Waals surface area contributed by atoms with Gasteiger partial charge in [0.1, 0.15) is 11.5 Å². The normalized spacial score (nSPS) is 12.5. The van der Waals surface area contributed by atoms with E-state index < -0.39 is 28.5 Å². The summed E-state index contributed by atoms with van der Waals surface area (Å²) in [5, 5.41) is 0. The van der Waals surface area contributed by atoms with Crippen LogP contribution in [0.15, 0.2) is 42.6 Å². The summed E-state index contributed by atoms with van der Waals surface area (Å²) in [7, 11) is -3.66. The number of halogens is 2. The van der Waals surface area contributed by atoms with Gasteiger partial charge < -0.3 is 9.47 Å². The van der Waals surface area contributed by atoms with Gasteiger partial charge in [-0.1, -0.05) is 0 Å². The second-order valence-corrected chi connectivity index (χ2v) is 7.05. The molecule has 0 radical (unpaired) electrons. The van der Waals surface area contributed by atoms with Crippen molar-refractivity contribution in [2.45, 2.75) is 19.5 Å². The molecule has 2 aromatic rings. The fourth-order valence-electron chi connectivity index (χ4n) is 1.81. The first-order valence-corrected chi connectivity index (χ1v) is 9.23. The maximum atomic E-state index is 12.5. The number of nitrogens with one attached hydrogen (secondary N) is 1. The van der Waals surface area contributed by atoms with Crippen LogP contribution in [0.3, 0.4) is 0 Å². The Morgan fingerprint density at radius 2 is 1.73 bits per heavy atom. The monoisotopic (exact) mass is 386 g/mol. The molecule has 0 spiro atoms. The molecule has 0 saturated heterocycles. The first kappa shape index (κ1) is 19.6. The van der Waals surface area contributed by atoms with Crippen LogP contribution in [0, 0.1) is 0 Å². The first-order valence-electron chi connectivity index (χ1n) is 7.34. The van der Waals surface area contributed by atoms with Crippen molar-refractivity contribution in [3.05, 3.63) is 48.2 Å². The molecule has 1 amide bonds. The number of hydrogen-bond acceptors (Lipinski definition) is 6. The van der Waals surface area contributed by atoms with Crippen LogP contribution < -0.4 is 14.2 Å². The van der Waals surface area contributed by atoms with Crippen LogP contribution in [0.4, 0.5) is 8.78 Å². The molecule has 0 fully saturated rings. The number of benzene rings is 1. The largest absolute Gasteiger partial charge is 0.481 e. The van der Waals surface area contributed by atoms with E-state index in [0.29, 0.717) is 11.5 Å². The van der Waals surface area contributed by atoms with Gasteiger partial charge in [0.25, 0.3) is 12.3 Å². The summed E-state index contributed by atoms with van der Waals surface area (Å²) in [4.78, 5) is 15.4. The first-order chi connectivity index (χ1) is 12.1. The highest BCUT2D eigenvalue weighted by molar-refractivity contribution is 7.89. The third kappa shape index (κ3) is 5.96. The Balaban J connectivity index is 1.96. The summed E-state index contributed by atoms with van der Waals surface area (Å²) in [6.07, 6.45) is -1.74. The summed E-state index contributed by atoms with van der Waals surface area (Å²) in [5.74, 6) is 0.0394. The Bertz CT molecular complexity index is 855. The van der Waals surface area contributed by atoms with Crippen molar-refractivity contribution in [1.82, 2.24) is 9.71 Å². The van der Waals surface area contributed by atoms with Crippen molar-refractivity contribution >= 4 is 15.9 Å². The molecular weight excluding hydrogens is 370 g/mol. The van der Waals surface area contributed by atoms with Crippen molar-refractivity contribution in [2.24, 2.45) is 0 Å². The number of aromatic nitrogens is 1. The molecule has 1 atom stereocenters. The van der Waals surface area contributed by atoms with Crippen LogP contribution in [0.5, 0.6) is 17.4 Å². The molecule has 1 aromatic carbocycles.